The van der Waals surface area contributed by atoms with Gasteiger partial charge in [0.25, 0.3) is 5.56 Å². The van der Waals surface area contributed by atoms with E-state index in [1.54, 1.807) is 36.5 Å². The van der Waals surface area contributed by atoms with E-state index >= 15 is 0 Å². The zero-order chi connectivity index (χ0) is 36.6. The summed E-state index contributed by atoms with van der Waals surface area (Å²) in [4.78, 5) is 49.4. The molecule has 4 atom stereocenters. The fourth-order valence-electron chi connectivity index (χ4n) is 5.22. The van der Waals surface area contributed by atoms with E-state index in [2.05, 4.69) is 20.0 Å². The van der Waals surface area contributed by atoms with Crippen LogP contribution in [0.4, 0.5) is 5.95 Å². The largest absolute Gasteiger partial charge is 0.464 e. The molecule has 4 rings (SSSR count). The standard InChI is InChI=1S/C34H50N7O8P/c1-7-23(8-2)17-46-31(43)26(14-21(3)4)40-50(45,49-25-12-10-9-11-13-25)48-19-34(18-47-32(44)27(35)22(5)6)15-24(34)16-41-20-37-28-29(41)38-33(36)39-30(28)42/h9-13,16,20-23,26-27H,7-8,14-15,17-19,35H2,1-6H3,(H,40,45)(H3,36,38,39,42)/b24-16-/t26-,27-,34?,50?/m0/s1. The first-order valence-electron chi connectivity index (χ1n) is 17.0. The predicted molar refractivity (Wildman–Crippen MR) is 190 cm³/mol. The minimum Gasteiger partial charge on any atom is -0.464 e. The third-order valence-electron chi connectivity index (χ3n) is 8.71. The highest BCUT2D eigenvalue weighted by Crippen LogP contribution is 2.57. The Bertz CT molecular complexity index is 1750. The molecule has 15 nitrogen and oxygen atoms in total. The number of nitrogens with one attached hydrogen (secondary N) is 2. The maximum Gasteiger partial charge on any atom is 0.459 e. The van der Waals surface area contributed by atoms with Crippen molar-refractivity contribution < 1.29 is 32.7 Å². The first kappa shape index (κ1) is 38.8. The van der Waals surface area contributed by atoms with E-state index in [1.165, 1.54) is 10.9 Å². The molecule has 0 spiro atoms. The van der Waals surface area contributed by atoms with Crippen molar-refractivity contribution in [2.75, 3.05) is 25.6 Å². The van der Waals surface area contributed by atoms with Gasteiger partial charge in [-0.25, -0.2) is 9.55 Å². The van der Waals surface area contributed by atoms with Crippen molar-refractivity contribution >= 4 is 43.0 Å². The third-order valence-corrected chi connectivity index (χ3v) is 10.3. The Morgan fingerprint density at radius 3 is 2.44 bits per heavy atom. The Morgan fingerprint density at radius 2 is 1.80 bits per heavy atom. The number of nitrogens with zero attached hydrogens (tertiary/aromatic N) is 3. The maximum atomic E-state index is 14.6. The molecule has 6 N–H and O–H groups in total. The summed E-state index contributed by atoms with van der Waals surface area (Å²) in [6.45, 7) is 11.4. The molecular formula is C34H50N7O8P. The van der Waals surface area contributed by atoms with Crippen LogP contribution in [0, 0.1) is 23.2 Å². The van der Waals surface area contributed by atoms with E-state index in [0.29, 0.717) is 12.8 Å². The van der Waals surface area contributed by atoms with Crippen molar-refractivity contribution in [1.82, 2.24) is 24.6 Å². The highest BCUT2D eigenvalue weighted by atomic mass is 31.2. The third kappa shape index (κ3) is 10.0. The second kappa shape index (κ2) is 16.8. The van der Waals surface area contributed by atoms with Crippen molar-refractivity contribution in [3.05, 3.63) is 52.6 Å². The van der Waals surface area contributed by atoms with E-state index in [4.69, 9.17) is 30.0 Å². The number of nitrogens with two attached hydrogens (primary N) is 2. The summed E-state index contributed by atoms with van der Waals surface area (Å²) in [5.41, 5.74) is 11.4. The number of benzene rings is 1. The molecule has 1 saturated carbocycles. The van der Waals surface area contributed by atoms with E-state index in [0.717, 1.165) is 18.4 Å². The van der Waals surface area contributed by atoms with Gasteiger partial charge in [0.1, 0.15) is 30.8 Å². The van der Waals surface area contributed by atoms with Gasteiger partial charge in [-0.3, -0.25) is 28.5 Å². The molecule has 1 aliphatic rings. The van der Waals surface area contributed by atoms with Crippen LogP contribution in [0.1, 0.15) is 67.2 Å². The van der Waals surface area contributed by atoms with Gasteiger partial charge in [-0.1, -0.05) is 72.6 Å². The van der Waals surface area contributed by atoms with Crippen LogP contribution in [0.2, 0.25) is 0 Å². The summed E-state index contributed by atoms with van der Waals surface area (Å²) in [6.07, 6.45) is 5.46. The first-order valence-corrected chi connectivity index (χ1v) is 18.5. The van der Waals surface area contributed by atoms with Crippen LogP contribution in [-0.4, -0.2) is 63.4 Å². The van der Waals surface area contributed by atoms with Crippen LogP contribution in [0.15, 0.2) is 47.0 Å². The fraction of sp³-hybridized carbons (Fsp3) is 0.559. The normalized spacial score (nSPS) is 19.1. The lowest BCUT2D eigenvalue weighted by molar-refractivity contribution is -0.149. The van der Waals surface area contributed by atoms with Gasteiger partial charge in [0.05, 0.1) is 18.6 Å². The second-order valence-electron chi connectivity index (χ2n) is 13.6. The quantitative estimate of drug-likeness (QED) is 0.0984. The number of ether oxygens (including phenoxy) is 2. The van der Waals surface area contributed by atoms with Crippen molar-refractivity contribution in [2.45, 2.75) is 79.3 Å². The number of hydrogen-bond acceptors (Lipinski definition) is 12. The summed E-state index contributed by atoms with van der Waals surface area (Å²) in [5.74, 6) is -0.910. The SMILES string of the molecule is CCC(CC)COC(=O)[C@H](CC(C)C)NP(=O)(OCC1(COC(=O)[C@@H](N)C(C)C)C/C1=C/n1cnc2c(=O)[nH]c(N)nc21)Oc1ccccc1. The summed E-state index contributed by atoms with van der Waals surface area (Å²) in [6, 6.07) is 6.61. The van der Waals surface area contributed by atoms with E-state index < -0.39 is 42.7 Å². The minimum atomic E-state index is -4.29. The van der Waals surface area contributed by atoms with Crippen LogP contribution in [0.3, 0.4) is 0 Å². The van der Waals surface area contributed by atoms with Gasteiger partial charge in [0.15, 0.2) is 11.2 Å². The van der Waals surface area contributed by atoms with E-state index in [9.17, 15) is 18.9 Å². The lowest BCUT2D eigenvalue weighted by Gasteiger charge is -2.27. The topological polar surface area (TPSA) is 216 Å². The van der Waals surface area contributed by atoms with Crippen LogP contribution in [0.25, 0.3) is 17.4 Å². The molecule has 0 bridgehead atoms. The molecule has 3 aromatic rings. The highest BCUT2D eigenvalue weighted by molar-refractivity contribution is 7.52. The monoisotopic (exact) mass is 715 g/mol. The van der Waals surface area contributed by atoms with Crippen molar-refractivity contribution in [3.63, 3.8) is 0 Å². The zero-order valence-corrected chi connectivity index (χ0v) is 30.5. The number of rotatable bonds is 19. The molecule has 2 heterocycles. The second-order valence-corrected chi connectivity index (χ2v) is 15.3. The van der Waals surface area contributed by atoms with Crippen LogP contribution < -0.4 is 26.6 Å². The highest BCUT2D eigenvalue weighted by Gasteiger charge is 2.53. The Kier molecular flexibility index (Phi) is 13.0. The number of imidazole rings is 1. The number of anilines is 1. The fourth-order valence-corrected chi connectivity index (χ4v) is 6.81. The number of esters is 2. The van der Waals surface area contributed by atoms with Gasteiger partial charge in [0, 0.05) is 6.20 Å². The molecule has 1 fully saturated rings. The van der Waals surface area contributed by atoms with Crippen molar-refractivity contribution in [1.29, 1.82) is 0 Å². The molecule has 0 aliphatic heterocycles. The number of hydrogen-bond donors (Lipinski definition) is 4. The van der Waals surface area contributed by atoms with Crippen molar-refractivity contribution in [3.8, 4) is 5.75 Å². The molecule has 1 aliphatic carbocycles. The van der Waals surface area contributed by atoms with E-state index in [1.807, 2.05) is 41.5 Å². The number of carbonyl (C=O) groups is 2. The smallest absolute Gasteiger partial charge is 0.459 e. The Morgan fingerprint density at radius 1 is 1.10 bits per heavy atom. The minimum absolute atomic E-state index is 0.0344. The van der Waals surface area contributed by atoms with Gasteiger partial charge in [-0.15, -0.1) is 0 Å². The number of H-pyrrole nitrogens is 1. The van der Waals surface area contributed by atoms with Gasteiger partial charge >= 0.3 is 19.7 Å². The summed E-state index contributed by atoms with van der Waals surface area (Å²) >= 11 is 0. The van der Waals surface area contributed by atoms with Crippen LogP contribution in [0.5, 0.6) is 5.75 Å². The molecule has 16 heteroatoms. The molecule has 0 radical (unpaired) electrons. The number of aromatic nitrogens is 4. The Balaban J connectivity index is 1.65. The molecule has 0 saturated heterocycles. The average molecular weight is 716 g/mol. The number of fused-ring (bicyclic) bond motifs is 1. The van der Waals surface area contributed by atoms with Gasteiger partial charge in [-0.2, -0.15) is 10.1 Å². The Labute approximate surface area is 292 Å². The van der Waals surface area contributed by atoms with E-state index in [-0.39, 0.29) is 60.4 Å². The predicted octanol–water partition coefficient (Wildman–Crippen LogP) is 4.65. The molecule has 50 heavy (non-hydrogen) atoms. The molecule has 0 amide bonds. The molecule has 2 unspecified atom stereocenters. The zero-order valence-electron chi connectivity index (χ0n) is 29.6. The summed E-state index contributed by atoms with van der Waals surface area (Å²) < 4.78 is 39.6. The van der Waals surface area contributed by atoms with Crippen LogP contribution >= 0.6 is 7.75 Å². The lowest BCUT2D eigenvalue weighted by atomic mass is 10.0. The number of carbonyl (C=O) groups excluding carboxylic acids is 2. The number of nitrogen functional groups attached to an aromatic ring is 1. The molecule has 1 aromatic carbocycles. The molecule has 2 aromatic heterocycles. The first-order chi connectivity index (χ1) is 23.7. The lowest BCUT2D eigenvalue weighted by Crippen LogP contribution is -2.40. The number of aromatic amines is 1. The van der Waals surface area contributed by atoms with Gasteiger partial charge < -0.3 is 25.5 Å². The van der Waals surface area contributed by atoms with Crippen molar-refractivity contribution in [2.24, 2.45) is 28.9 Å². The summed E-state index contributed by atoms with van der Waals surface area (Å²) in [7, 11) is -4.29. The van der Waals surface area contributed by atoms with Gasteiger partial charge in [-0.05, 0) is 48.3 Å². The van der Waals surface area contributed by atoms with Gasteiger partial charge in [0.2, 0.25) is 5.95 Å². The average Bonchev–Trinajstić information content (AvgIpc) is 3.60. The maximum absolute atomic E-state index is 14.6. The summed E-state index contributed by atoms with van der Waals surface area (Å²) in [5, 5.41) is 2.88. The molecular weight excluding hydrogens is 665 g/mol. The molecule has 274 valence electrons. The van der Waals surface area contributed by atoms with Crippen LogP contribution in [-0.2, 0) is 28.2 Å². The number of para-hydroxylation sites is 1. The Hall–Kier alpha value is -4.04.